The van der Waals surface area contributed by atoms with Crippen molar-refractivity contribution in [2.45, 2.75) is 32.5 Å². The van der Waals surface area contributed by atoms with Crippen LogP contribution in [-0.2, 0) is 11.0 Å². The molecule has 0 radical (unpaired) electrons. The Morgan fingerprint density at radius 2 is 1.93 bits per heavy atom. The molecule has 162 valence electrons. The Labute approximate surface area is 178 Å². The largest absolute Gasteiger partial charge is 0.417 e. The van der Waals surface area contributed by atoms with Crippen molar-refractivity contribution >= 4 is 29.0 Å². The molecule has 0 spiro atoms. The first-order valence-electron chi connectivity index (χ1n) is 9.75. The molecule has 1 fully saturated rings. The Kier molecular flexibility index (Phi) is 6.88. The van der Waals surface area contributed by atoms with Crippen LogP contribution in [0.25, 0.3) is 0 Å². The van der Waals surface area contributed by atoms with Gasteiger partial charge in [-0.3, -0.25) is 9.69 Å². The third-order valence-corrected chi connectivity index (χ3v) is 5.79. The normalized spacial score (nSPS) is 16.8. The predicted octanol–water partition coefficient (Wildman–Crippen LogP) is 4.60. The molecule has 1 aliphatic rings. The Bertz CT molecular complexity index is 889. The van der Waals surface area contributed by atoms with E-state index in [9.17, 15) is 18.0 Å². The van der Waals surface area contributed by atoms with Crippen molar-refractivity contribution in [2.75, 3.05) is 36.4 Å². The van der Waals surface area contributed by atoms with Gasteiger partial charge in [-0.2, -0.15) is 13.2 Å². The minimum atomic E-state index is -4.40. The van der Waals surface area contributed by atoms with Gasteiger partial charge < -0.3 is 10.2 Å². The van der Waals surface area contributed by atoms with Crippen molar-refractivity contribution in [3.8, 4) is 0 Å². The number of benzene rings is 1. The Morgan fingerprint density at radius 3 is 2.60 bits per heavy atom. The molecule has 1 aromatic heterocycles. The highest BCUT2D eigenvalue weighted by Gasteiger charge is 2.31. The lowest BCUT2D eigenvalue weighted by Gasteiger charge is -2.27. The summed E-state index contributed by atoms with van der Waals surface area (Å²) in [6.07, 6.45) is -2.76. The minimum Gasteiger partial charge on any atom is -0.355 e. The highest BCUT2D eigenvalue weighted by molar-refractivity contribution is 6.31. The molecule has 3 rings (SSSR count). The van der Waals surface area contributed by atoms with Crippen molar-refractivity contribution in [1.29, 1.82) is 0 Å². The van der Waals surface area contributed by atoms with Gasteiger partial charge in [-0.25, -0.2) is 4.98 Å². The van der Waals surface area contributed by atoms with E-state index in [-0.39, 0.29) is 11.9 Å². The summed E-state index contributed by atoms with van der Waals surface area (Å²) in [5.74, 6) is 0.387. The molecule has 0 bridgehead atoms. The molecule has 1 N–H and O–H groups in total. The molecule has 30 heavy (non-hydrogen) atoms. The summed E-state index contributed by atoms with van der Waals surface area (Å²) in [5.41, 5.74) is 0.740. The third kappa shape index (κ3) is 5.23. The molecule has 2 aromatic rings. The Hall–Kier alpha value is -2.32. The van der Waals surface area contributed by atoms with Crippen molar-refractivity contribution in [1.82, 2.24) is 9.88 Å². The summed E-state index contributed by atoms with van der Waals surface area (Å²) in [5, 5.41) is 3.53. The topological polar surface area (TPSA) is 48.5 Å². The maximum atomic E-state index is 12.7. The molecule has 0 unspecified atom stereocenters. The van der Waals surface area contributed by atoms with Crippen LogP contribution in [0.4, 0.5) is 24.7 Å². The zero-order valence-electron chi connectivity index (χ0n) is 16.8. The Morgan fingerprint density at radius 1 is 1.17 bits per heavy atom. The second kappa shape index (κ2) is 9.22. The molecule has 1 aliphatic heterocycles. The second-order valence-electron chi connectivity index (χ2n) is 7.36. The van der Waals surface area contributed by atoms with Crippen molar-refractivity contribution in [3.05, 3.63) is 52.7 Å². The summed E-state index contributed by atoms with van der Waals surface area (Å²) in [4.78, 5) is 20.7. The van der Waals surface area contributed by atoms with Gasteiger partial charge in [-0.1, -0.05) is 17.7 Å². The SMILES string of the molecule is Cc1c(Cl)cccc1NC(=O)[C@H](C)N1CCCN(c2ccc(C(F)(F)F)cn2)CC1. The van der Waals surface area contributed by atoms with Crippen LogP contribution in [0, 0.1) is 6.92 Å². The van der Waals surface area contributed by atoms with Crippen LogP contribution in [0.3, 0.4) is 0 Å². The van der Waals surface area contributed by atoms with Gasteiger partial charge in [0.15, 0.2) is 0 Å². The van der Waals surface area contributed by atoms with Crippen molar-refractivity contribution < 1.29 is 18.0 Å². The summed E-state index contributed by atoms with van der Waals surface area (Å²) in [6.45, 7) is 6.25. The first kappa shape index (κ1) is 22.4. The molecular formula is C21H24ClF3N4O. The van der Waals surface area contributed by atoms with Gasteiger partial charge in [-0.05, 0) is 50.1 Å². The number of hydrogen-bond acceptors (Lipinski definition) is 4. The monoisotopic (exact) mass is 440 g/mol. The fourth-order valence-electron chi connectivity index (χ4n) is 3.44. The highest BCUT2D eigenvalue weighted by atomic mass is 35.5. The van der Waals surface area contributed by atoms with E-state index in [4.69, 9.17) is 11.6 Å². The van der Waals surface area contributed by atoms with Crippen molar-refractivity contribution in [3.63, 3.8) is 0 Å². The lowest BCUT2D eigenvalue weighted by atomic mass is 10.2. The van der Waals surface area contributed by atoms with Crippen LogP contribution in [0.15, 0.2) is 36.5 Å². The highest BCUT2D eigenvalue weighted by Crippen LogP contribution is 2.29. The molecule has 1 atom stereocenters. The summed E-state index contributed by atoms with van der Waals surface area (Å²) < 4.78 is 38.2. The number of hydrogen-bond donors (Lipinski definition) is 1. The number of anilines is 2. The van der Waals surface area contributed by atoms with E-state index in [1.807, 2.05) is 24.8 Å². The number of carbonyl (C=O) groups excluding carboxylic acids is 1. The molecule has 2 heterocycles. The van der Waals surface area contributed by atoms with Crippen LogP contribution in [0.1, 0.15) is 24.5 Å². The van der Waals surface area contributed by atoms with E-state index >= 15 is 0 Å². The van der Waals surface area contributed by atoms with E-state index in [1.165, 1.54) is 6.07 Å². The molecule has 0 saturated carbocycles. The van der Waals surface area contributed by atoms with Gasteiger partial charge in [-0.15, -0.1) is 0 Å². The summed E-state index contributed by atoms with van der Waals surface area (Å²) in [6, 6.07) is 7.46. The first-order chi connectivity index (χ1) is 14.2. The number of halogens is 4. The van der Waals surface area contributed by atoms with Crippen molar-refractivity contribution in [2.24, 2.45) is 0 Å². The molecule has 1 saturated heterocycles. The lowest BCUT2D eigenvalue weighted by Crippen LogP contribution is -2.44. The van der Waals surface area contributed by atoms with E-state index in [0.29, 0.717) is 42.7 Å². The summed E-state index contributed by atoms with van der Waals surface area (Å²) >= 11 is 6.12. The lowest BCUT2D eigenvalue weighted by molar-refractivity contribution is -0.137. The fraction of sp³-hybridized carbons (Fsp3) is 0.429. The Balaban J connectivity index is 1.61. The predicted molar refractivity (Wildman–Crippen MR) is 112 cm³/mol. The van der Waals surface area contributed by atoms with Gasteiger partial charge in [0.1, 0.15) is 5.82 Å². The molecule has 1 aromatic carbocycles. The molecular weight excluding hydrogens is 417 g/mol. The number of nitrogens with zero attached hydrogens (tertiary/aromatic N) is 3. The van der Waals surface area contributed by atoms with Gasteiger partial charge >= 0.3 is 6.18 Å². The standard InChI is InChI=1S/C21H24ClF3N4O/c1-14-17(22)5-3-6-18(14)27-20(30)15(2)28-9-4-10-29(12-11-28)19-8-7-16(13-26-19)21(23,24)25/h3,5-8,13,15H,4,9-12H2,1-2H3,(H,27,30)/t15-/m0/s1. The minimum absolute atomic E-state index is 0.124. The number of alkyl halides is 3. The number of amides is 1. The molecule has 9 heteroatoms. The zero-order chi connectivity index (χ0) is 21.9. The van der Waals surface area contributed by atoms with E-state index in [1.54, 1.807) is 12.1 Å². The molecule has 0 aliphatic carbocycles. The average molecular weight is 441 g/mol. The maximum Gasteiger partial charge on any atom is 0.417 e. The third-order valence-electron chi connectivity index (χ3n) is 5.38. The van der Waals surface area contributed by atoms with Crippen LogP contribution >= 0.6 is 11.6 Å². The van der Waals surface area contributed by atoms with Crippen LogP contribution in [-0.4, -0.2) is 48.0 Å². The molecule has 1 amide bonds. The van der Waals surface area contributed by atoms with Crippen LogP contribution in [0.2, 0.25) is 5.02 Å². The first-order valence-corrected chi connectivity index (χ1v) is 10.1. The van der Waals surface area contributed by atoms with Crippen LogP contribution in [0.5, 0.6) is 0 Å². The van der Waals surface area contributed by atoms with Gasteiger partial charge in [0.2, 0.25) is 5.91 Å². The maximum absolute atomic E-state index is 12.7. The van der Waals surface area contributed by atoms with Crippen LogP contribution < -0.4 is 10.2 Å². The van der Waals surface area contributed by atoms with E-state index < -0.39 is 11.7 Å². The number of nitrogens with one attached hydrogen (secondary N) is 1. The number of aromatic nitrogens is 1. The summed E-state index contributed by atoms with van der Waals surface area (Å²) in [7, 11) is 0. The number of carbonyl (C=O) groups is 1. The number of rotatable bonds is 4. The average Bonchev–Trinajstić information content (AvgIpc) is 2.96. The fourth-order valence-corrected chi connectivity index (χ4v) is 3.62. The molecule has 5 nitrogen and oxygen atoms in total. The van der Waals surface area contributed by atoms with Gasteiger partial charge in [0, 0.05) is 43.1 Å². The quantitative estimate of drug-likeness (QED) is 0.754. The van der Waals surface area contributed by atoms with Gasteiger partial charge in [0.05, 0.1) is 11.6 Å². The second-order valence-corrected chi connectivity index (χ2v) is 7.76. The van der Waals surface area contributed by atoms with E-state index in [2.05, 4.69) is 15.2 Å². The smallest absolute Gasteiger partial charge is 0.355 e. The number of pyridine rings is 1. The van der Waals surface area contributed by atoms with Gasteiger partial charge in [0.25, 0.3) is 0 Å². The van der Waals surface area contributed by atoms with E-state index in [0.717, 1.165) is 24.2 Å². The zero-order valence-corrected chi connectivity index (χ0v) is 17.6.